The van der Waals surface area contributed by atoms with Crippen LogP contribution >= 0.6 is 11.3 Å². The molecule has 0 aliphatic carbocycles. The molecule has 1 N–H and O–H groups in total. The summed E-state index contributed by atoms with van der Waals surface area (Å²) in [6.45, 7) is 11.2. The number of aromatic nitrogens is 1. The Morgan fingerprint density at radius 3 is 2.23 bits per heavy atom. The van der Waals surface area contributed by atoms with Crippen LogP contribution in [0, 0.1) is 12.5 Å². The summed E-state index contributed by atoms with van der Waals surface area (Å²) in [4.78, 5) is 20.6. The molecule has 218 valence electrons. The fourth-order valence-corrected chi connectivity index (χ4v) is 5.66. The maximum Gasteiger partial charge on any atom is 0.346 e. The third-order valence-electron chi connectivity index (χ3n) is 7.13. The first kappa shape index (κ1) is 31.5. The summed E-state index contributed by atoms with van der Waals surface area (Å²) in [5.74, 6) is 0.608. The number of unbranched alkanes of at least 4 members (excludes halogenated alkanes) is 7. The minimum absolute atomic E-state index is 0.184. The molecule has 0 aliphatic rings. The molecule has 2 aromatic carbocycles. The second-order valence-electron chi connectivity index (χ2n) is 10.6. The van der Waals surface area contributed by atoms with E-state index in [-0.39, 0.29) is 6.03 Å². The van der Waals surface area contributed by atoms with Gasteiger partial charge in [0.05, 0.1) is 23.4 Å². The van der Waals surface area contributed by atoms with Crippen LogP contribution in [0.1, 0.15) is 96.1 Å². The third-order valence-corrected chi connectivity index (χ3v) is 8.17. The number of urea groups is 1. The molecule has 7 nitrogen and oxygen atoms in total. The van der Waals surface area contributed by atoms with Gasteiger partial charge in [0.1, 0.15) is 11.4 Å². The Balaban J connectivity index is 1.97. The van der Waals surface area contributed by atoms with E-state index in [1.54, 1.807) is 0 Å². The van der Waals surface area contributed by atoms with Crippen molar-refractivity contribution in [2.75, 3.05) is 19.7 Å². The number of ether oxygens (including phenoxy) is 1. The monoisotopic (exact) mass is 565 g/mol. The number of carbonyl (C=O) groups excluding carboxylic acids is 1. The maximum atomic E-state index is 13.4. The summed E-state index contributed by atoms with van der Waals surface area (Å²) in [5.41, 5.74) is 11.6. The van der Waals surface area contributed by atoms with Crippen molar-refractivity contribution in [2.45, 2.75) is 98.4 Å². The molecule has 0 saturated carbocycles. The van der Waals surface area contributed by atoms with E-state index in [4.69, 9.17) is 10.3 Å². The van der Waals surface area contributed by atoms with Crippen molar-refractivity contribution in [3.8, 4) is 5.75 Å². The van der Waals surface area contributed by atoms with E-state index < -0.39 is 0 Å². The van der Waals surface area contributed by atoms with E-state index in [1.807, 2.05) is 17.0 Å². The number of rotatable bonds is 17. The minimum Gasteiger partial charge on any atom is -0.491 e. The molecule has 0 aliphatic heterocycles. The topological polar surface area (TPSA) is 83.0 Å². The summed E-state index contributed by atoms with van der Waals surface area (Å²) in [6, 6.07) is 12.1. The van der Waals surface area contributed by atoms with Gasteiger partial charge in [-0.05, 0) is 37.8 Å². The number of nitrogens with one attached hydrogen (secondary N) is 1. The number of hydrogen-bond donors (Lipinski definition) is 1. The van der Waals surface area contributed by atoms with Crippen LogP contribution in [-0.4, -0.2) is 35.2 Å². The van der Waals surface area contributed by atoms with Crippen molar-refractivity contribution >= 4 is 33.3 Å². The molecule has 8 heteroatoms. The van der Waals surface area contributed by atoms with Gasteiger partial charge < -0.3 is 14.2 Å². The van der Waals surface area contributed by atoms with Crippen molar-refractivity contribution in [2.24, 2.45) is 10.1 Å². The second kappa shape index (κ2) is 17.0. The molecule has 2 amide bonds. The molecule has 40 heavy (non-hydrogen) atoms. The predicted octanol–water partition coefficient (Wildman–Crippen LogP) is 9.38. The Labute approximate surface area is 243 Å². The zero-order valence-corrected chi connectivity index (χ0v) is 25.7. The first-order valence-corrected chi connectivity index (χ1v) is 15.9. The Morgan fingerprint density at radius 2 is 1.57 bits per heavy atom. The highest BCUT2D eigenvalue weighted by Crippen LogP contribution is 2.34. The fraction of sp³-hybridized carbons (Fsp3) is 0.562. The Hall–Kier alpha value is -3.00. The minimum atomic E-state index is -0.184. The van der Waals surface area contributed by atoms with Gasteiger partial charge in [-0.25, -0.2) is 10.3 Å². The van der Waals surface area contributed by atoms with Crippen molar-refractivity contribution in [3.05, 3.63) is 52.3 Å². The summed E-state index contributed by atoms with van der Waals surface area (Å²) in [6.07, 6.45) is 11.1. The number of thiazole rings is 1. The second-order valence-corrected chi connectivity index (χ2v) is 11.6. The predicted molar refractivity (Wildman–Crippen MR) is 166 cm³/mol. The van der Waals surface area contributed by atoms with Crippen molar-refractivity contribution in [3.63, 3.8) is 0 Å². The van der Waals surface area contributed by atoms with Crippen LogP contribution in [0.4, 0.5) is 10.5 Å². The number of aryl methyl sites for hydroxylation is 1. The SMILES string of the molecule is CCCCCCCCOc1cc2c(cc1N=N)sc(=NC(=O)N(CCCC)CCCC)n2Cc1ccc(C)cc1. The number of benzene rings is 2. The van der Waals surface area contributed by atoms with Crippen molar-refractivity contribution < 1.29 is 9.53 Å². The molecular weight excluding hydrogens is 518 g/mol. The quantitative estimate of drug-likeness (QED) is 0.131. The van der Waals surface area contributed by atoms with Gasteiger partial charge >= 0.3 is 6.03 Å². The molecular formula is C32H47N5O2S. The lowest BCUT2D eigenvalue weighted by atomic mass is 10.1. The van der Waals surface area contributed by atoms with E-state index in [0.29, 0.717) is 29.4 Å². The van der Waals surface area contributed by atoms with Crippen LogP contribution in [0.15, 0.2) is 46.5 Å². The standard InChI is InChI=1S/C32H47N5O2S/c1-5-8-11-12-13-14-21-39-29-23-28-30(22-27(29)35-33)40-32(37(28)24-26-17-15-25(4)16-18-26)34-31(38)36(19-9-6-2)20-10-7-3/h15-18,22-23,33H,5-14,19-21,24H2,1-4H3. The lowest BCUT2D eigenvalue weighted by molar-refractivity contribution is 0.205. The summed E-state index contributed by atoms with van der Waals surface area (Å²) in [5, 5.41) is 3.77. The highest BCUT2D eigenvalue weighted by molar-refractivity contribution is 7.16. The average molecular weight is 566 g/mol. The molecule has 0 atom stereocenters. The fourth-order valence-electron chi connectivity index (χ4n) is 4.62. The highest BCUT2D eigenvalue weighted by Gasteiger charge is 2.16. The smallest absolute Gasteiger partial charge is 0.346 e. The van der Waals surface area contributed by atoms with E-state index in [9.17, 15) is 4.79 Å². The molecule has 3 rings (SSSR count). The molecule has 0 bridgehead atoms. The van der Waals surface area contributed by atoms with Gasteiger partial charge in [-0.3, -0.25) is 0 Å². The lowest BCUT2D eigenvalue weighted by Gasteiger charge is -2.19. The van der Waals surface area contributed by atoms with E-state index >= 15 is 0 Å². The maximum absolute atomic E-state index is 13.4. The molecule has 0 saturated heterocycles. The van der Waals surface area contributed by atoms with Crippen molar-refractivity contribution in [1.29, 1.82) is 5.53 Å². The van der Waals surface area contributed by atoms with Crippen LogP contribution in [0.2, 0.25) is 0 Å². The summed E-state index contributed by atoms with van der Waals surface area (Å²) in [7, 11) is 0. The number of fused-ring (bicyclic) bond motifs is 1. The summed E-state index contributed by atoms with van der Waals surface area (Å²) >= 11 is 1.47. The zero-order valence-electron chi connectivity index (χ0n) is 24.9. The number of nitrogens with zero attached hydrogens (tertiary/aromatic N) is 4. The van der Waals surface area contributed by atoms with Gasteiger partial charge in [0.2, 0.25) is 0 Å². The summed E-state index contributed by atoms with van der Waals surface area (Å²) < 4.78 is 9.19. The van der Waals surface area contributed by atoms with Gasteiger partial charge in [0, 0.05) is 19.2 Å². The van der Waals surface area contributed by atoms with Crippen LogP contribution in [-0.2, 0) is 6.54 Å². The van der Waals surface area contributed by atoms with E-state index in [0.717, 1.165) is 67.4 Å². The van der Waals surface area contributed by atoms with Crippen LogP contribution in [0.5, 0.6) is 5.75 Å². The first-order valence-electron chi connectivity index (χ1n) is 15.1. The number of hydrogen-bond acceptors (Lipinski definition) is 5. The van der Waals surface area contributed by atoms with Gasteiger partial charge in [-0.15, -0.1) is 0 Å². The van der Waals surface area contributed by atoms with Gasteiger partial charge in [-0.1, -0.05) is 107 Å². The number of amides is 2. The average Bonchev–Trinajstić information content (AvgIpc) is 3.28. The van der Waals surface area contributed by atoms with E-state index in [1.165, 1.54) is 42.6 Å². The molecule has 3 aromatic rings. The molecule has 0 fully saturated rings. The molecule has 0 unspecified atom stereocenters. The van der Waals surface area contributed by atoms with E-state index in [2.05, 4.69) is 66.6 Å². The van der Waals surface area contributed by atoms with Crippen molar-refractivity contribution in [1.82, 2.24) is 9.47 Å². The highest BCUT2D eigenvalue weighted by atomic mass is 32.1. The third kappa shape index (κ3) is 9.29. The molecule has 1 heterocycles. The Morgan fingerprint density at radius 1 is 0.925 bits per heavy atom. The Bertz CT molecular complexity index is 1270. The first-order chi connectivity index (χ1) is 19.5. The van der Waals surface area contributed by atoms with Crippen LogP contribution in [0.25, 0.3) is 10.2 Å². The zero-order chi connectivity index (χ0) is 28.7. The van der Waals surface area contributed by atoms with Gasteiger partial charge in [0.15, 0.2) is 4.80 Å². The molecule has 1 aromatic heterocycles. The van der Waals surface area contributed by atoms with Crippen LogP contribution in [0.3, 0.4) is 0 Å². The van der Waals surface area contributed by atoms with Gasteiger partial charge in [0.25, 0.3) is 0 Å². The number of carbonyl (C=O) groups is 1. The molecule has 0 spiro atoms. The molecule has 0 radical (unpaired) electrons. The Kier molecular flexibility index (Phi) is 13.4. The normalized spacial score (nSPS) is 11.8. The lowest BCUT2D eigenvalue weighted by Crippen LogP contribution is -2.32. The van der Waals surface area contributed by atoms with Gasteiger partial charge in [-0.2, -0.15) is 10.1 Å². The van der Waals surface area contributed by atoms with Crippen LogP contribution < -0.4 is 9.54 Å². The largest absolute Gasteiger partial charge is 0.491 e.